The molecule has 18 heavy (non-hydrogen) atoms. The van der Waals surface area contributed by atoms with Crippen molar-refractivity contribution in [3.8, 4) is 0 Å². The molecule has 0 amide bonds. The van der Waals surface area contributed by atoms with Crippen molar-refractivity contribution in [2.24, 2.45) is 7.05 Å². The summed E-state index contributed by atoms with van der Waals surface area (Å²) < 4.78 is 3.50. The van der Waals surface area contributed by atoms with Crippen LogP contribution in [0.5, 0.6) is 0 Å². The molecule has 3 nitrogen and oxygen atoms in total. The second-order valence-corrected chi connectivity index (χ2v) is 5.89. The van der Waals surface area contributed by atoms with E-state index in [9.17, 15) is 4.79 Å². The first-order chi connectivity index (χ1) is 8.47. The molecule has 1 heterocycles. The first-order valence-electron chi connectivity index (χ1n) is 5.45. The van der Waals surface area contributed by atoms with E-state index in [0.29, 0.717) is 12.0 Å². The number of aryl methyl sites for hydroxylation is 2. The van der Waals surface area contributed by atoms with Gasteiger partial charge in [-0.1, -0.05) is 31.9 Å². The van der Waals surface area contributed by atoms with E-state index in [0.717, 1.165) is 20.3 Å². The van der Waals surface area contributed by atoms with Gasteiger partial charge >= 0.3 is 0 Å². The van der Waals surface area contributed by atoms with Gasteiger partial charge in [-0.05, 0) is 31.2 Å². The number of halogens is 2. The summed E-state index contributed by atoms with van der Waals surface area (Å²) in [5, 5.41) is 4.24. The molecule has 0 saturated heterocycles. The summed E-state index contributed by atoms with van der Waals surface area (Å²) in [4.78, 5) is 12.2. The number of aromatic nitrogens is 2. The molecule has 94 valence electrons. The number of nitrogens with zero attached hydrogens (tertiary/aromatic N) is 2. The molecule has 1 aromatic carbocycles. The average Bonchev–Trinajstić information content (AvgIpc) is 2.57. The van der Waals surface area contributed by atoms with Gasteiger partial charge in [0.1, 0.15) is 0 Å². The predicted octanol–water partition coefficient (Wildman–Crippen LogP) is 3.68. The molecule has 5 heteroatoms. The molecule has 0 radical (unpaired) electrons. The second-order valence-electron chi connectivity index (χ2n) is 4.12. The van der Waals surface area contributed by atoms with Crippen LogP contribution in [0.4, 0.5) is 0 Å². The molecule has 0 aliphatic rings. The van der Waals surface area contributed by atoms with E-state index < -0.39 is 0 Å². The summed E-state index contributed by atoms with van der Waals surface area (Å²) in [5.41, 5.74) is 2.54. The van der Waals surface area contributed by atoms with Crippen LogP contribution in [0.15, 0.2) is 33.2 Å². The highest BCUT2D eigenvalue weighted by molar-refractivity contribution is 9.11. The van der Waals surface area contributed by atoms with Crippen molar-refractivity contribution in [2.75, 3.05) is 0 Å². The van der Waals surface area contributed by atoms with Crippen LogP contribution >= 0.6 is 31.9 Å². The number of rotatable bonds is 3. The molecule has 0 aliphatic heterocycles. The van der Waals surface area contributed by atoms with Crippen molar-refractivity contribution in [3.05, 3.63) is 50.2 Å². The molecule has 0 unspecified atom stereocenters. The standard InChI is InChI=1S/C13H12Br2N2O/c1-8-5-10(17(2)16-8)7-13(18)11-4-3-9(14)6-12(11)15/h3-6H,7H2,1-2H3. The number of carbonyl (C=O) groups is 1. The van der Waals surface area contributed by atoms with E-state index in [1.807, 2.05) is 38.2 Å². The first-order valence-corrected chi connectivity index (χ1v) is 7.04. The lowest BCUT2D eigenvalue weighted by atomic mass is 10.1. The highest BCUT2D eigenvalue weighted by atomic mass is 79.9. The van der Waals surface area contributed by atoms with E-state index in [4.69, 9.17) is 0 Å². The number of hydrogen-bond donors (Lipinski definition) is 0. The van der Waals surface area contributed by atoms with Crippen LogP contribution in [0, 0.1) is 6.92 Å². The van der Waals surface area contributed by atoms with Gasteiger partial charge in [0.05, 0.1) is 12.1 Å². The molecule has 0 aliphatic carbocycles. The zero-order valence-electron chi connectivity index (χ0n) is 10.1. The Kier molecular flexibility index (Phi) is 4.02. The largest absolute Gasteiger partial charge is 0.294 e. The van der Waals surface area contributed by atoms with Crippen molar-refractivity contribution in [1.82, 2.24) is 9.78 Å². The Morgan fingerprint density at radius 3 is 2.61 bits per heavy atom. The minimum absolute atomic E-state index is 0.0809. The van der Waals surface area contributed by atoms with Gasteiger partial charge in [0.2, 0.25) is 0 Å². The Balaban J connectivity index is 2.24. The van der Waals surface area contributed by atoms with Crippen LogP contribution in [0.3, 0.4) is 0 Å². The number of Topliss-reactive ketones (excluding diaryl/α,β-unsaturated/α-hetero) is 1. The van der Waals surface area contributed by atoms with Crippen LogP contribution in [-0.2, 0) is 13.5 Å². The smallest absolute Gasteiger partial charge is 0.169 e. The lowest BCUT2D eigenvalue weighted by Crippen LogP contribution is -2.08. The van der Waals surface area contributed by atoms with E-state index in [2.05, 4.69) is 37.0 Å². The van der Waals surface area contributed by atoms with Crippen LogP contribution in [0.2, 0.25) is 0 Å². The topological polar surface area (TPSA) is 34.9 Å². The quantitative estimate of drug-likeness (QED) is 0.771. The summed E-state index contributed by atoms with van der Waals surface area (Å²) in [7, 11) is 1.85. The first kappa shape index (κ1) is 13.5. The molecule has 0 fully saturated rings. The van der Waals surface area contributed by atoms with Gasteiger partial charge in [-0.25, -0.2) is 0 Å². The minimum Gasteiger partial charge on any atom is -0.294 e. The van der Waals surface area contributed by atoms with Gasteiger partial charge in [0.15, 0.2) is 5.78 Å². The van der Waals surface area contributed by atoms with E-state index in [1.165, 1.54) is 0 Å². The Hall–Kier alpha value is -0.940. The third kappa shape index (κ3) is 2.90. The fraction of sp³-hybridized carbons (Fsp3) is 0.231. The Morgan fingerprint density at radius 2 is 2.06 bits per heavy atom. The molecule has 0 spiro atoms. The maximum absolute atomic E-state index is 12.2. The number of carbonyl (C=O) groups excluding carboxylic acids is 1. The Labute approximate surface area is 122 Å². The summed E-state index contributed by atoms with van der Waals surface area (Å²) in [5.74, 6) is 0.0809. The van der Waals surface area contributed by atoms with Crippen LogP contribution < -0.4 is 0 Å². The van der Waals surface area contributed by atoms with Gasteiger partial charge < -0.3 is 0 Å². The summed E-state index contributed by atoms with van der Waals surface area (Å²) in [6.07, 6.45) is 0.359. The molecular formula is C13H12Br2N2O. The van der Waals surface area contributed by atoms with Crippen molar-refractivity contribution < 1.29 is 4.79 Å². The highest BCUT2D eigenvalue weighted by Gasteiger charge is 2.13. The maximum Gasteiger partial charge on any atom is 0.169 e. The SMILES string of the molecule is Cc1cc(CC(=O)c2ccc(Br)cc2Br)n(C)n1. The summed E-state index contributed by atoms with van der Waals surface area (Å²) in [6, 6.07) is 7.50. The van der Waals surface area contributed by atoms with Gasteiger partial charge in [-0.2, -0.15) is 5.10 Å². The predicted molar refractivity (Wildman–Crippen MR) is 77.8 cm³/mol. The van der Waals surface area contributed by atoms with Crippen molar-refractivity contribution >= 4 is 37.6 Å². The summed E-state index contributed by atoms with van der Waals surface area (Å²) >= 11 is 6.78. The number of hydrogen-bond acceptors (Lipinski definition) is 2. The second kappa shape index (κ2) is 5.36. The summed E-state index contributed by atoms with van der Waals surface area (Å²) in [6.45, 7) is 1.92. The Morgan fingerprint density at radius 1 is 1.33 bits per heavy atom. The molecule has 1 aromatic heterocycles. The van der Waals surface area contributed by atoms with Crippen molar-refractivity contribution in [2.45, 2.75) is 13.3 Å². The van der Waals surface area contributed by atoms with Crippen molar-refractivity contribution in [1.29, 1.82) is 0 Å². The average molecular weight is 372 g/mol. The lowest BCUT2D eigenvalue weighted by molar-refractivity contribution is 0.0990. The highest BCUT2D eigenvalue weighted by Crippen LogP contribution is 2.23. The third-order valence-electron chi connectivity index (χ3n) is 2.67. The number of ketones is 1. The van der Waals surface area contributed by atoms with Crippen LogP contribution in [0.25, 0.3) is 0 Å². The Bertz CT molecular complexity index is 605. The number of benzene rings is 1. The molecule has 0 N–H and O–H groups in total. The van der Waals surface area contributed by atoms with E-state index in [-0.39, 0.29) is 5.78 Å². The molecule has 0 saturated carbocycles. The van der Waals surface area contributed by atoms with Gasteiger partial charge in [0, 0.05) is 27.3 Å². The van der Waals surface area contributed by atoms with Gasteiger partial charge in [-0.3, -0.25) is 9.48 Å². The minimum atomic E-state index is 0.0809. The van der Waals surface area contributed by atoms with Gasteiger partial charge in [0.25, 0.3) is 0 Å². The third-order valence-corrected chi connectivity index (χ3v) is 3.82. The fourth-order valence-corrected chi connectivity index (χ4v) is 3.07. The normalized spacial score (nSPS) is 10.7. The van der Waals surface area contributed by atoms with Crippen LogP contribution in [-0.4, -0.2) is 15.6 Å². The van der Waals surface area contributed by atoms with Crippen LogP contribution in [0.1, 0.15) is 21.7 Å². The molecule has 0 bridgehead atoms. The molecule has 2 rings (SSSR count). The monoisotopic (exact) mass is 370 g/mol. The fourth-order valence-electron chi connectivity index (χ4n) is 1.81. The zero-order chi connectivity index (χ0) is 13.3. The molecular weight excluding hydrogens is 360 g/mol. The zero-order valence-corrected chi connectivity index (χ0v) is 13.2. The maximum atomic E-state index is 12.2. The van der Waals surface area contributed by atoms with Gasteiger partial charge in [-0.15, -0.1) is 0 Å². The van der Waals surface area contributed by atoms with E-state index in [1.54, 1.807) is 4.68 Å². The lowest BCUT2D eigenvalue weighted by Gasteiger charge is -2.04. The van der Waals surface area contributed by atoms with Crippen molar-refractivity contribution in [3.63, 3.8) is 0 Å². The molecule has 2 aromatic rings. The molecule has 0 atom stereocenters. The van der Waals surface area contributed by atoms with E-state index >= 15 is 0 Å².